The van der Waals surface area contributed by atoms with Crippen LogP contribution in [0.3, 0.4) is 0 Å². The normalized spacial score (nSPS) is 20.2. The summed E-state index contributed by atoms with van der Waals surface area (Å²) in [6.45, 7) is 3.80. The van der Waals surface area contributed by atoms with Crippen LogP contribution in [0, 0.1) is 12.8 Å². The van der Waals surface area contributed by atoms with E-state index in [1.807, 2.05) is 19.9 Å². The maximum atomic E-state index is 13.2. The van der Waals surface area contributed by atoms with Gasteiger partial charge >= 0.3 is 0 Å². The minimum absolute atomic E-state index is 0.248. The lowest BCUT2D eigenvalue weighted by molar-refractivity contribution is -0.117. The molecule has 1 amide bonds. The van der Waals surface area contributed by atoms with E-state index in [0.29, 0.717) is 35.5 Å². The Bertz CT molecular complexity index is 1390. The number of hydrogen-bond donors (Lipinski definition) is 2. The van der Waals surface area contributed by atoms with E-state index in [9.17, 15) is 14.3 Å². The van der Waals surface area contributed by atoms with Gasteiger partial charge in [-0.3, -0.25) is 9.78 Å². The molecule has 1 aliphatic rings. The second-order valence-corrected chi connectivity index (χ2v) is 8.11. The third kappa shape index (κ3) is 3.58. The number of aliphatic hydroxyl groups is 1. The molecule has 32 heavy (non-hydrogen) atoms. The van der Waals surface area contributed by atoms with Crippen molar-refractivity contribution in [3.63, 3.8) is 0 Å². The first kappa shape index (κ1) is 19.2. The average Bonchev–Trinajstić information content (AvgIpc) is 3.30. The Morgan fingerprint density at radius 3 is 2.84 bits per heavy atom. The third-order valence-electron chi connectivity index (χ3n) is 5.71. The molecule has 0 aromatic carbocycles. The zero-order valence-corrected chi connectivity index (χ0v) is 17.7. The number of nitrogens with one attached hydrogen (secondary N) is 1. The van der Waals surface area contributed by atoms with Gasteiger partial charge < -0.3 is 10.4 Å². The lowest BCUT2D eigenvalue weighted by Crippen LogP contribution is -2.16. The van der Waals surface area contributed by atoms with Gasteiger partial charge in [0.15, 0.2) is 5.65 Å². The minimum Gasteiger partial charge on any atom is -0.387 e. The maximum Gasteiger partial charge on any atom is 0.231 e. The Morgan fingerprint density at radius 2 is 2.12 bits per heavy atom. The zero-order valence-electron chi connectivity index (χ0n) is 18.7. The average molecular weight is 435 g/mol. The molecule has 3 atom stereocenters. The molecule has 4 aromatic heterocycles. The number of nitrogens with zero attached hydrogens (tertiary/aromatic N) is 5. The van der Waals surface area contributed by atoms with Crippen molar-refractivity contribution in [2.24, 2.45) is 5.92 Å². The summed E-state index contributed by atoms with van der Waals surface area (Å²) in [7, 11) is 0. The number of pyridine rings is 3. The molecule has 2 N–H and O–H groups in total. The fourth-order valence-electron chi connectivity index (χ4n) is 3.85. The highest BCUT2D eigenvalue weighted by atomic mass is 19.1. The number of carbonyl (C=O) groups excluding carboxylic acids is 1. The van der Waals surface area contributed by atoms with Crippen LogP contribution in [-0.2, 0) is 4.79 Å². The summed E-state index contributed by atoms with van der Waals surface area (Å²) >= 11 is 0. The number of anilines is 1. The highest BCUT2D eigenvalue weighted by Gasteiger charge is 2.43. The first-order chi connectivity index (χ1) is 15.8. The SMILES string of the molecule is [2H][C@@](O)(CCC)c1cc(C)c(-c2cc3cnc(NC(=O)[C@H]4C[C@H]4F)cc3n3ncnc23)cn1. The Balaban J connectivity index is 1.56. The van der Waals surface area contributed by atoms with Crippen molar-refractivity contribution in [1.29, 1.82) is 0 Å². The molecular formula is C23H23FN6O2. The molecule has 0 saturated heterocycles. The number of rotatable bonds is 6. The Morgan fingerprint density at radius 1 is 1.31 bits per heavy atom. The number of aryl methyl sites for hydroxylation is 1. The molecule has 0 spiro atoms. The van der Waals surface area contributed by atoms with Crippen molar-refractivity contribution in [2.75, 3.05) is 5.32 Å². The van der Waals surface area contributed by atoms with E-state index in [1.165, 1.54) is 6.33 Å². The highest BCUT2D eigenvalue weighted by molar-refractivity contribution is 5.97. The minimum atomic E-state index is -1.74. The lowest BCUT2D eigenvalue weighted by Gasteiger charge is -2.14. The van der Waals surface area contributed by atoms with Crippen LogP contribution in [0.15, 0.2) is 36.9 Å². The van der Waals surface area contributed by atoms with Gasteiger partial charge in [0, 0.05) is 35.0 Å². The second-order valence-electron chi connectivity index (χ2n) is 8.11. The van der Waals surface area contributed by atoms with Gasteiger partial charge in [-0.15, -0.1) is 0 Å². The van der Waals surface area contributed by atoms with Gasteiger partial charge in [0.05, 0.1) is 24.6 Å². The molecule has 0 radical (unpaired) electrons. The van der Waals surface area contributed by atoms with Gasteiger partial charge in [-0.2, -0.15) is 5.10 Å². The molecular weight excluding hydrogens is 411 g/mol. The van der Waals surface area contributed by atoms with Crippen molar-refractivity contribution in [1.82, 2.24) is 24.6 Å². The number of alkyl halides is 1. The predicted octanol–water partition coefficient (Wildman–Crippen LogP) is 3.78. The molecule has 0 aliphatic heterocycles. The summed E-state index contributed by atoms with van der Waals surface area (Å²) in [5, 5.41) is 18.2. The molecule has 5 rings (SSSR count). The second kappa shape index (κ2) is 7.90. The molecule has 4 aromatic rings. The number of hydrogen-bond acceptors (Lipinski definition) is 6. The van der Waals surface area contributed by atoms with Gasteiger partial charge in [-0.25, -0.2) is 18.9 Å². The molecule has 1 aliphatic carbocycles. The molecule has 8 nitrogen and oxygen atoms in total. The van der Waals surface area contributed by atoms with E-state index in [4.69, 9.17) is 1.37 Å². The van der Waals surface area contributed by atoms with Crippen LogP contribution in [0.1, 0.15) is 44.9 Å². The van der Waals surface area contributed by atoms with Crippen LogP contribution in [0.25, 0.3) is 27.7 Å². The fourth-order valence-corrected chi connectivity index (χ4v) is 3.85. The van der Waals surface area contributed by atoms with E-state index in [1.54, 1.807) is 29.0 Å². The quantitative estimate of drug-likeness (QED) is 0.478. The fraction of sp³-hybridized carbons (Fsp3) is 0.348. The van der Waals surface area contributed by atoms with Crippen LogP contribution in [0.2, 0.25) is 0 Å². The number of carbonyl (C=O) groups is 1. The van der Waals surface area contributed by atoms with Crippen molar-refractivity contribution < 1.29 is 15.7 Å². The molecule has 0 unspecified atom stereocenters. The van der Waals surface area contributed by atoms with Crippen LogP contribution in [-0.4, -0.2) is 41.8 Å². The van der Waals surface area contributed by atoms with E-state index < -0.39 is 18.2 Å². The Labute approximate surface area is 184 Å². The Kier molecular flexibility index (Phi) is 4.75. The lowest BCUT2D eigenvalue weighted by atomic mass is 10.00. The third-order valence-corrected chi connectivity index (χ3v) is 5.71. The Hall–Kier alpha value is -3.46. The molecule has 9 heteroatoms. The summed E-state index contributed by atoms with van der Waals surface area (Å²) in [5.41, 5.74) is 3.99. The first-order valence-electron chi connectivity index (χ1n) is 11.1. The molecule has 1 fully saturated rings. The van der Waals surface area contributed by atoms with Crippen molar-refractivity contribution in [3.8, 4) is 11.1 Å². The van der Waals surface area contributed by atoms with Crippen LogP contribution >= 0.6 is 0 Å². The largest absolute Gasteiger partial charge is 0.387 e. The summed E-state index contributed by atoms with van der Waals surface area (Å²) in [6, 6.07) is 5.33. The van der Waals surface area contributed by atoms with Gasteiger partial charge in [0.2, 0.25) is 5.91 Å². The van der Waals surface area contributed by atoms with Gasteiger partial charge in [0.1, 0.15) is 18.3 Å². The van der Waals surface area contributed by atoms with Crippen molar-refractivity contribution >= 4 is 28.3 Å². The van der Waals surface area contributed by atoms with Crippen LogP contribution in [0.4, 0.5) is 10.2 Å². The summed E-state index contributed by atoms with van der Waals surface area (Å²) < 4.78 is 23.0. The monoisotopic (exact) mass is 435 g/mol. The standard InChI is InChI=1S/C23H23FN6O2/c1-3-4-20(31)18-5-12(2)16(10-25-18)14-6-13-9-26-21(29-23(32)15-7-17(15)24)8-19(13)30-22(14)27-11-28-30/h5-6,8-11,15,17,20,31H,3-4,7H2,1-2H3,(H,26,29,32)/t15-,17+,20+/m0/s1/i20D. The van der Waals surface area contributed by atoms with E-state index in [0.717, 1.165) is 22.1 Å². The molecule has 0 bridgehead atoms. The van der Waals surface area contributed by atoms with Crippen molar-refractivity contribution in [2.45, 2.75) is 45.4 Å². The number of aromatic nitrogens is 5. The number of halogens is 1. The van der Waals surface area contributed by atoms with Crippen LogP contribution in [0.5, 0.6) is 0 Å². The van der Waals surface area contributed by atoms with Crippen LogP contribution < -0.4 is 5.32 Å². The topological polar surface area (TPSA) is 105 Å². The van der Waals surface area contributed by atoms with E-state index in [-0.39, 0.29) is 12.3 Å². The van der Waals surface area contributed by atoms with Gasteiger partial charge in [0.25, 0.3) is 0 Å². The first-order valence-corrected chi connectivity index (χ1v) is 10.6. The van der Waals surface area contributed by atoms with E-state index in [2.05, 4.69) is 25.4 Å². The molecule has 1 saturated carbocycles. The van der Waals surface area contributed by atoms with E-state index >= 15 is 0 Å². The zero-order chi connectivity index (χ0) is 23.3. The number of amides is 1. The summed E-state index contributed by atoms with van der Waals surface area (Å²) in [5.74, 6) is -0.655. The summed E-state index contributed by atoms with van der Waals surface area (Å²) in [6.07, 6.45) is 3.09. The highest BCUT2D eigenvalue weighted by Crippen LogP contribution is 2.35. The molecule has 4 heterocycles. The van der Waals surface area contributed by atoms with Gasteiger partial charge in [-0.05, 0) is 37.5 Å². The van der Waals surface area contributed by atoms with Gasteiger partial charge in [-0.1, -0.05) is 13.3 Å². The van der Waals surface area contributed by atoms with Crippen molar-refractivity contribution in [3.05, 3.63) is 48.2 Å². The molecule has 164 valence electrons. The predicted molar refractivity (Wildman–Crippen MR) is 118 cm³/mol. The summed E-state index contributed by atoms with van der Waals surface area (Å²) in [4.78, 5) is 25.2. The maximum absolute atomic E-state index is 13.2. The number of fused-ring (bicyclic) bond motifs is 3. The smallest absolute Gasteiger partial charge is 0.231 e.